The third-order valence-electron chi connectivity index (χ3n) is 5.91. The summed E-state index contributed by atoms with van der Waals surface area (Å²) in [6.07, 6.45) is -2.88. The van der Waals surface area contributed by atoms with Crippen molar-refractivity contribution in [1.82, 2.24) is 14.8 Å². The number of benzene rings is 2. The number of carbonyl (C=O) groups is 1. The Morgan fingerprint density at radius 2 is 1.74 bits per heavy atom. The summed E-state index contributed by atoms with van der Waals surface area (Å²) in [5.41, 5.74) is 3.71. The highest BCUT2D eigenvalue weighted by Crippen LogP contribution is 2.31. The summed E-state index contributed by atoms with van der Waals surface area (Å²) in [6.45, 7) is 5.74. The molecule has 9 heteroatoms. The molecule has 0 amide bonds. The molecule has 1 aromatic heterocycles. The summed E-state index contributed by atoms with van der Waals surface area (Å²) in [4.78, 5) is 17.6. The second-order valence-corrected chi connectivity index (χ2v) is 8.29. The lowest BCUT2D eigenvalue weighted by Crippen LogP contribution is -2.46. The number of aromatic amines is 1. The number of H-pyrrole nitrogens is 1. The molecule has 2 aromatic carbocycles. The number of hydrogen-bond donors (Lipinski definition) is 2. The normalized spacial score (nSPS) is 15.1. The van der Waals surface area contributed by atoms with E-state index in [1.807, 2.05) is 24.1 Å². The Morgan fingerprint density at radius 1 is 1.09 bits per heavy atom. The van der Waals surface area contributed by atoms with Crippen LogP contribution in [0.5, 0.6) is 5.75 Å². The van der Waals surface area contributed by atoms with Gasteiger partial charge >= 0.3 is 12.1 Å². The number of aryl methyl sites for hydroxylation is 1. The molecule has 0 spiro atoms. The van der Waals surface area contributed by atoms with Crippen LogP contribution in [-0.4, -0.2) is 71.9 Å². The second kappa shape index (κ2) is 11.4. The van der Waals surface area contributed by atoms with E-state index in [0.29, 0.717) is 18.7 Å². The number of fused-ring (bicyclic) bond motifs is 1. The summed E-state index contributed by atoms with van der Waals surface area (Å²) < 4.78 is 42.6. The van der Waals surface area contributed by atoms with Crippen LogP contribution >= 0.6 is 0 Å². The van der Waals surface area contributed by atoms with Crippen LogP contribution < -0.4 is 4.74 Å². The molecule has 0 atom stereocenters. The number of aromatic nitrogens is 1. The van der Waals surface area contributed by atoms with E-state index in [1.54, 1.807) is 37.4 Å². The van der Waals surface area contributed by atoms with Gasteiger partial charge in [0.15, 0.2) is 0 Å². The zero-order valence-electron chi connectivity index (χ0n) is 19.4. The largest absolute Gasteiger partial charge is 0.496 e. The molecule has 4 rings (SSSR count). The van der Waals surface area contributed by atoms with E-state index in [0.717, 1.165) is 47.4 Å². The van der Waals surface area contributed by atoms with E-state index >= 15 is 0 Å². The summed E-state index contributed by atoms with van der Waals surface area (Å²) >= 11 is 0. The smallest absolute Gasteiger partial charge is 0.390 e. The fourth-order valence-corrected chi connectivity index (χ4v) is 4.04. The average molecular weight is 478 g/mol. The SMILES string of the molecule is COc1cc(C)c2[nH]ccc2c1CN1CCN(CCC(F)(F)F)CC1.O=C(O)c1ccccc1. The first kappa shape index (κ1) is 25.6. The van der Waals surface area contributed by atoms with Crippen molar-refractivity contribution < 1.29 is 27.8 Å². The molecule has 0 aliphatic carbocycles. The zero-order chi connectivity index (χ0) is 24.7. The average Bonchev–Trinajstić information content (AvgIpc) is 3.31. The van der Waals surface area contributed by atoms with Crippen molar-refractivity contribution in [2.75, 3.05) is 39.8 Å². The van der Waals surface area contributed by atoms with Gasteiger partial charge in [-0.05, 0) is 36.8 Å². The van der Waals surface area contributed by atoms with Crippen LogP contribution in [0.3, 0.4) is 0 Å². The molecule has 0 saturated carbocycles. The fraction of sp³-hybridized carbons (Fsp3) is 0.400. The first-order valence-corrected chi connectivity index (χ1v) is 11.1. The van der Waals surface area contributed by atoms with Crippen LogP contribution in [-0.2, 0) is 6.54 Å². The van der Waals surface area contributed by atoms with Gasteiger partial charge < -0.3 is 19.7 Å². The Hall–Kier alpha value is -3.04. The summed E-state index contributed by atoms with van der Waals surface area (Å²) in [5.74, 6) is -0.0142. The van der Waals surface area contributed by atoms with Crippen LogP contribution in [0.1, 0.15) is 27.9 Å². The molecule has 34 heavy (non-hydrogen) atoms. The van der Waals surface area contributed by atoms with Crippen molar-refractivity contribution in [2.24, 2.45) is 0 Å². The van der Waals surface area contributed by atoms with Crippen LogP contribution in [0.4, 0.5) is 13.2 Å². The summed E-state index contributed by atoms with van der Waals surface area (Å²) in [5, 5.41) is 9.53. The van der Waals surface area contributed by atoms with E-state index in [4.69, 9.17) is 9.84 Å². The molecular formula is C25H30F3N3O3. The van der Waals surface area contributed by atoms with Crippen molar-refractivity contribution in [3.8, 4) is 5.75 Å². The molecule has 6 nitrogen and oxygen atoms in total. The third kappa shape index (κ3) is 6.98. The minimum absolute atomic E-state index is 0.0905. The number of ether oxygens (including phenoxy) is 1. The van der Waals surface area contributed by atoms with E-state index in [1.165, 1.54) is 0 Å². The number of methoxy groups -OCH3 is 1. The Bertz CT molecular complexity index is 1080. The molecule has 3 aromatic rings. The molecule has 1 fully saturated rings. The number of rotatable bonds is 6. The number of nitrogens with one attached hydrogen (secondary N) is 1. The highest BCUT2D eigenvalue weighted by atomic mass is 19.4. The number of alkyl halides is 3. The zero-order valence-corrected chi connectivity index (χ0v) is 19.4. The summed E-state index contributed by atoms with van der Waals surface area (Å²) in [7, 11) is 1.67. The molecule has 0 bridgehead atoms. The maximum Gasteiger partial charge on any atom is 0.390 e. The van der Waals surface area contributed by atoms with Gasteiger partial charge in [0.25, 0.3) is 0 Å². The van der Waals surface area contributed by atoms with Gasteiger partial charge in [-0.3, -0.25) is 4.90 Å². The van der Waals surface area contributed by atoms with Crippen molar-refractivity contribution in [2.45, 2.75) is 26.1 Å². The second-order valence-electron chi connectivity index (χ2n) is 8.29. The standard InChI is InChI=1S/C18H24F3N3O.C7H6O2/c1-13-11-16(25-2)15(14-3-5-22-17(13)14)12-24-9-7-23(8-10-24)6-4-18(19,20)21;8-7(9)6-4-2-1-3-5-6/h3,5,11,22H,4,6-10,12H2,1-2H3;1-5H,(H,8,9). The number of halogens is 3. The minimum Gasteiger partial charge on any atom is -0.496 e. The Balaban J connectivity index is 0.000000302. The molecule has 1 aliphatic rings. The Kier molecular flexibility index (Phi) is 8.57. The molecule has 0 unspecified atom stereocenters. The monoisotopic (exact) mass is 477 g/mol. The quantitative estimate of drug-likeness (QED) is 0.527. The van der Waals surface area contributed by atoms with Gasteiger partial charge in [-0.2, -0.15) is 13.2 Å². The summed E-state index contributed by atoms with van der Waals surface area (Å²) in [6, 6.07) is 12.4. The van der Waals surface area contributed by atoms with Gasteiger partial charge in [-0.25, -0.2) is 4.79 Å². The number of carboxylic acids is 1. The van der Waals surface area contributed by atoms with Crippen molar-refractivity contribution in [1.29, 1.82) is 0 Å². The van der Waals surface area contributed by atoms with Crippen molar-refractivity contribution in [3.63, 3.8) is 0 Å². The van der Waals surface area contributed by atoms with Gasteiger partial charge in [0.2, 0.25) is 0 Å². The van der Waals surface area contributed by atoms with Crippen LogP contribution in [0.25, 0.3) is 10.9 Å². The molecule has 0 radical (unpaired) electrons. The van der Waals surface area contributed by atoms with Crippen LogP contribution in [0, 0.1) is 6.92 Å². The predicted octanol–water partition coefficient (Wildman–Crippen LogP) is 4.94. The fourth-order valence-electron chi connectivity index (χ4n) is 4.04. The van der Waals surface area contributed by atoms with E-state index in [9.17, 15) is 18.0 Å². The number of nitrogens with zero attached hydrogens (tertiary/aromatic N) is 2. The van der Waals surface area contributed by atoms with E-state index < -0.39 is 18.6 Å². The predicted molar refractivity (Wildman–Crippen MR) is 125 cm³/mol. The van der Waals surface area contributed by atoms with Gasteiger partial charge in [0.05, 0.1) is 19.1 Å². The van der Waals surface area contributed by atoms with Gasteiger partial charge in [0, 0.05) is 61.9 Å². The number of hydrogen-bond acceptors (Lipinski definition) is 4. The first-order chi connectivity index (χ1) is 16.2. The lowest BCUT2D eigenvalue weighted by atomic mass is 10.0. The van der Waals surface area contributed by atoms with E-state index in [-0.39, 0.29) is 6.54 Å². The van der Waals surface area contributed by atoms with Gasteiger partial charge in [-0.15, -0.1) is 0 Å². The molecule has 2 heterocycles. The molecule has 1 saturated heterocycles. The first-order valence-electron chi connectivity index (χ1n) is 11.1. The highest BCUT2D eigenvalue weighted by Gasteiger charge is 2.29. The van der Waals surface area contributed by atoms with Crippen LogP contribution in [0.15, 0.2) is 48.7 Å². The number of aromatic carboxylic acids is 1. The Labute approximate surface area is 196 Å². The lowest BCUT2D eigenvalue weighted by Gasteiger charge is -2.35. The molecule has 1 aliphatic heterocycles. The number of piperazine rings is 1. The molecule has 184 valence electrons. The van der Waals surface area contributed by atoms with Crippen molar-refractivity contribution in [3.05, 3.63) is 65.4 Å². The third-order valence-corrected chi connectivity index (χ3v) is 5.91. The number of carboxylic acid groups (broad SMARTS) is 1. The maximum atomic E-state index is 12.4. The molecular weight excluding hydrogens is 447 g/mol. The lowest BCUT2D eigenvalue weighted by molar-refractivity contribution is -0.138. The topological polar surface area (TPSA) is 68.8 Å². The van der Waals surface area contributed by atoms with Crippen molar-refractivity contribution >= 4 is 16.9 Å². The van der Waals surface area contributed by atoms with Crippen LogP contribution in [0.2, 0.25) is 0 Å². The Morgan fingerprint density at radius 3 is 2.29 bits per heavy atom. The maximum absolute atomic E-state index is 12.4. The van der Waals surface area contributed by atoms with Gasteiger partial charge in [-0.1, -0.05) is 18.2 Å². The highest BCUT2D eigenvalue weighted by molar-refractivity contribution is 5.88. The van der Waals surface area contributed by atoms with E-state index in [2.05, 4.69) is 16.0 Å². The molecule has 2 N–H and O–H groups in total. The minimum atomic E-state index is -4.08. The van der Waals surface area contributed by atoms with Gasteiger partial charge in [0.1, 0.15) is 5.75 Å².